The van der Waals surface area contributed by atoms with Crippen molar-refractivity contribution in [3.8, 4) is 0 Å². The van der Waals surface area contributed by atoms with Crippen molar-refractivity contribution in [3.63, 3.8) is 0 Å². The molecule has 39 heavy (non-hydrogen) atoms. The van der Waals surface area contributed by atoms with Crippen LogP contribution in [0.5, 0.6) is 0 Å². The largest absolute Gasteiger partial charge is 0.459 e. The van der Waals surface area contributed by atoms with Crippen molar-refractivity contribution in [3.05, 3.63) is 0 Å². The topological polar surface area (TPSA) is 181 Å². The van der Waals surface area contributed by atoms with Gasteiger partial charge in [0, 0.05) is 0 Å². The van der Waals surface area contributed by atoms with Gasteiger partial charge < -0.3 is 39.6 Å². The number of fused-ring (bicyclic) bond motifs is 1. The fourth-order valence-corrected chi connectivity index (χ4v) is 9.05. The third-order valence-corrected chi connectivity index (χ3v) is 10.2. The fourth-order valence-electron chi connectivity index (χ4n) is 9.05. The molecule has 12 nitrogen and oxygen atoms in total. The van der Waals surface area contributed by atoms with Gasteiger partial charge in [0.05, 0.1) is 16.7 Å². The number of ether oxygens (including phenoxy) is 5. The van der Waals surface area contributed by atoms with Crippen LogP contribution in [0.2, 0.25) is 0 Å². The van der Waals surface area contributed by atoms with Crippen LogP contribution in [0.1, 0.15) is 54.4 Å². The van der Waals surface area contributed by atoms with Crippen LogP contribution in [-0.4, -0.2) is 82.0 Å². The van der Waals surface area contributed by atoms with Crippen LogP contribution in [0.4, 0.5) is 0 Å². The summed E-state index contributed by atoms with van der Waals surface area (Å²) < 4.78 is 29.1. The molecule has 0 amide bonds. The minimum atomic E-state index is -2.32. The summed E-state index contributed by atoms with van der Waals surface area (Å²) in [4.78, 5) is 53.0. The Kier molecular flexibility index (Phi) is 5.90. The number of aliphatic hydroxyl groups excluding tert-OH is 1. The Hall–Kier alpha value is -1.99. The molecule has 4 heterocycles. The van der Waals surface area contributed by atoms with E-state index in [1.54, 1.807) is 0 Å². The van der Waals surface area contributed by atoms with E-state index in [0.29, 0.717) is 6.42 Å². The van der Waals surface area contributed by atoms with Crippen LogP contribution in [0.3, 0.4) is 0 Å². The highest BCUT2D eigenvalue weighted by Crippen LogP contribution is 2.84. The number of rotatable bonds is 4. The second-order valence-electron chi connectivity index (χ2n) is 13.3. The lowest BCUT2D eigenvalue weighted by Gasteiger charge is -2.48. The third-order valence-electron chi connectivity index (χ3n) is 10.2. The number of carbonyl (C=O) groups excluding carboxylic acids is 4. The molecule has 4 N–H and O–H groups in total. The highest BCUT2D eigenvalue weighted by molar-refractivity contribution is 5.94. The summed E-state index contributed by atoms with van der Waals surface area (Å²) in [6.45, 7) is 10.9. The summed E-state index contributed by atoms with van der Waals surface area (Å²) >= 11 is 0. The van der Waals surface area contributed by atoms with Gasteiger partial charge in [-0.05, 0) is 37.0 Å². The number of hydrogen-bond donors (Lipinski definition) is 3. The molecule has 6 rings (SSSR count). The molecule has 6 unspecified atom stereocenters. The fraction of sp³-hybridized carbons (Fsp3) is 0.846. The molecule has 2 spiro atoms. The third kappa shape index (κ3) is 2.71. The minimum Gasteiger partial charge on any atom is -0.459 e. The van der Waals surface area contributed by atoms with Crippen molar-refractivity contribution >= 4 is 36.3 Å². The zero-order valence-electron chi connectivity index (χ0n) is 22.7. The van der Waals surface area contributed by atoms with E-state index in [1.165, 1.54) is 6.92 Å². The molecule has 13 heteroatoms. The lowest BCUT2D eigenvalue weighted by atomic mass is 9.51. The van der Waals surface area contributed by atoms with E-state index in [4.69, 9.17) is 29.4 Å². The van der Waals surface area contributed by atoms with Gasteiger partial charge in [-0.15, -0.1) is 12.4 Å². The number of hydrogen-bond acceptors (Lipinski definition) is 12. The second-order valence-corrected chi connectivity index (χ2v) is 13.3. The van der Waals surface area contributed by atoms with Crippen molar-refractivity contribution in [2.45, 2.75) is 102 Å². The summed E-state index contributed by atoms with van der Waals surface area (Å²) in [6, 6.07) is -1.03. The Morgan fingerprint density at radius 3 is 2.38 bits per heavy atom. The van der Waals surface area contributed by atoms with Gasteiger partial charge in [-0.2, -0.15) is 0 Å². The SMILES string of the molecule is CC(C)C[C@H](N)C(=O)O[C@H]1C(=O)OC2OC34C(=O)OC5C[C@@H](C(C)(C)C)C21C53[C@@H](O)C1OC(=O)[C@@H](C)[C@@]14O.Cl. The van der Waals surface area contributed by atoms with Crippen molar-refractivity contribution in [2.75, 3.05) is 0 Å². The normalized spacial score (nSPS) is 49.5. The Bertz CT molecular complexity index is 1160. The maximum atomic E-state index is 13.8. The van der Waals surface area contributed by atoms with E-state index in [1.807, 2.05) is 34.6 Å². The molecule has 0 radical (unpaired) electrons. The number of halogens is 1. The first-order chi connectivity index (χ1) is 17.5. The van der Waals surface area contributed by atoms with Gasteiger partial charge >= 0.3 is 23.9 Å². The van der Waals surface area contributed by atoms with E-state index < -0.39 is 99.9 Å². The summed E-state index contributed by atoms with van der Waals surface area (Å²) in [6.07, 6.45) is -6.90. The quantitative estimate of drug-likeness (QED) is 0.302. The average molecular weight is 574 g/mol. The summed E-state index contributed by atoms with van der Waals surface area (Å²) in [5, 5.41) is 24.2. The molecule has 0 aromatic carbocycles. The zero-order valence-corrected chi connectivity index (χ0v) is 23.5. The lowest BCUT2D eigenvalue weighted by Crippen LogP contribution is -2.67. The van der Waals surface area contributed by atoms with E-state index in [-0.39, 0.29) is 24.7 Å². The van der Waals surface area contributed by atoms with Gasteiger partial charge in [-0.3, -0.25) is 9.59 Å². The molecule has 6 aliphatic rings. The molecule has 12 atom stereocenters. The molecule has 218 valence electrons. The summed E-state index contributed by atoms with van der Waals surface area (Å²) in [7, 11) is 0. The summed E-state index contributed by atoms with van der Waals surface area (Å²) in [5.74, 6) is -5.29. The minimum absolute atomic E-state index is 0. The van der Waals surface area contributed by atoms with E-state index in [2.05, 4.69) is 0 Å². The molecule has 0 aromatic rings. The summed E-state index contributed by atoms with van der Waals surface area (Å²) in [5.41, 5.74) is -2.62. The molecule has 0 bridgehead atoms. The number of nitrogens with two attached hydrogens (primary N) is 1. The first kappa shape index (κ1) is 28.5. The van der Waals surface area contributed by atoms with Crippen molar-refractivity contribution in [2.24, 2.45) is 39.7 Å². The van der Waals surface area contributed by atoms with Crippen LogP contribution in [0.15, 0.2) is 0 Å². The molecule has 4 saturated heterocycles. The highest BCUT2D eigenvalue weighted by atomic mass is 35.5. The Morgan fingerprint density at radius 2 is 1.79 bits per heavy atom. The molecule has 2 saturated carbocycles. The molecule has 6 fully saturated rings. The highest BCUT2D eigenvalue weighted by Gasteiger charge is 3.04. The maximum Gasteiger partial charge on any atom is 0.350 e. The first-order valence-corrected chi connectivity index (χ1v) is 13.2. The molecule has 2 aliphatic carbocycles. The Morgan fingerprint density at radius 1 is 1.15 bits per heavy atom. The van der Waals surface area contributed by atoms with Crippen molar-refractivity contribution in [1.82, 2.24) is 0 Å². The smallest absolute Gasteiger partial charge is 0.350 e. The first-order valence-electron chi connectivity index (χ1n) is 13.2. The lowest BCUT2D eigenvalue weighted by molar-refractivity contribution is -0.240. The molecular formula is C26H36ClNO11. The van der Waals surface area contributed by atoms with E-state index in [9.17, 15) is 29.4 Å². The van der Waals surface area contributed by atoms with Gasteiger partial charge in [0.2, 0.25) is 18.0 Å². The van der Waals surface area contributed by atoms with E-state index in [0.717, 1.165) is 0 Å². The van der Waals surface area contributed by atoms with E-state index >= 15 is 0 Å². The zero-order chi connectivity index (χ0) is 28.0. The monoisotopic (exact) mass is 573 g/mol. The number of aliphatic hydroxyl groups is 2. The molecule has 0 aromatic heterocycles. The average Bonchev–Trinajstić information content (AvgIpc) is 3.51. The predicted molar refractivity (Wildman–Crippen MR) is 131 cm³/mol. The van der Waals surface area contributed by atoms with Gasteiger partial charge in [0.25, 0.3) is 0 Å². The van der Waals surface area contributed by atoms with Crippen LogP contribution in [0.25, 0.3) is 0 Å². The van der Waals surface area contributed by atoms with Crippen LogP contribution in [0, 0.1) is 34.0 Å². The van der Waals surface area contributed by atoms with Crippen molar-refractivity contribution < 1.29 is 53.1 Å². The predicted octanol–water partition coefficient (Wildman–Crippen LogP) is -0.0234. The van der Waals surface area contributed by atoms with Gasteiger partial charge in [0.15, 0.2) is 11.7 Å². The van der Waals surface area contributed by atoms with Crippen LogP contribution < -0.4 is 5.73 Å². The van der Waals surface area contributed by atoms with Crippen LogP contribution >= 0.6 is 12.4 Å². The number of esters is 4. The Labute approximate surface area is 231 Å². The maximum absolute atomic E-state index is 13.8. The molecule has 4 aliphatic heterocycles. The van der Waals surface area contributed by atoms with Gasteiger partial charge in [-0.1, -0.05) is 34.6 Å². The van der Waals surface area contributed by atoms with Crippen molar-refractivity contribution in [1.29, 1.82) is 0 Å². The second kappa shape index (κ2) is 8.06. The number of carbonyl (C=O) groups is 4. The van der Waals surface area contributed by atoms with Crippen LogP contribution in [-0.2, 0) is 42.9 Å². The molecular weight excluding hydrogens is 538 g/mol. The standard InChI is InChI=1S/C26H35NO11.ClH/c1-9(2)7-11(27)18(30)36-16-19(31)37-21-23(16)12(22(4,5)6)8-13-24(23)14(28)15-25(33,10(3)17(29)35-15)26(24,38-21)20(32)34-13;/h9-16,21,28,33H,7-8,27H2,1-6H3;1H/t10-,11+,12+,13?,14+,15?,16+,21?,23?,24?,25-,26?;/m1./s1. The Balaban J connectivity index is 0.00000308. The van der Waals surface area contributed by atoms with Gasteiger partial charge in [0.1, 0.15) is 18.2 Å². The van der Waals surface area contributed by atoms with Gasteiger partial charge in [-0.25, -0.2) is 9.59 Å².